The third-order valence-corrected chi connectivity index (χ3v) is 12.4. The molecule has 6 atom stereocenters. The molecule has 2 bridgehead atoms. The Kier molecular flexibility index (Phi) is 6.23. The third-order valence-electron chi connectivity index (χ3n) is 11.1. The number of rotatable bonds is 5. The summed E-state index contributed by atoms with van der Waals surface area (Å²) in [6.45, 7) is 10.0. The molecule has 4 aliphatic carbocycles. The minimum Gasteiger partial charge on any atom is -0.466 e. The van der Waals surface area contributed by atoms with Crippen molar-refractivity contribution in [2.24, 2.45) is 38.7 Å². The lowest BCUT2D eigenvalue weighted by atomic mass is 9.40. The number of carbonyl (C=O) groups excluding carboxylic acids is 1. The number of carbonyl (C=O) groups is 1. The van der Waals surface area contributed by atoms with Crippen molar-refractivity contribution < 1.29 is 14.4 Å². The average Bonchev–Trinajstić information content (AvgIpc) is 3.33. The average molecular weight is 542 g/mol. The Morgan fingerprint density at radius 2 is 1.95 bits per heavy atom. The maximum Gasteiger partial charge on any atom is 0.312 e. The van der Waals surface area contributed by atoms with Gasteiger partial charge in [0.1, 0.15) is 6.61 Å². The van der Waals surface area contributed by atoms with Crippen molar-refractivity contribution >= 4 is 44.7 Å². The second kappa shape index (κ2) is 8.98. The van der Waals surface area contributed by atoms with Crippen molar-refractivity contribution in [3.63, 3.8) is 0 Å². The number of esters is 1. The predicted molar refractivity (Wildman–Crippen MR) is 151 cm³/mol. The molecule has 4 fully saturated rings. The van der Waals surface area contributed by atoms with E-state index >= 15 is 0 Å². The molecule has 0 unspecified atom stereocenters. The number of thiophene rings is 1. The molecule has 1 spiro atoms. The van der Waals surface area contributed by atoms with Crippen molar-refractivity contribution in [2.45, 2.75) is 92.1 Å². The molecule has 0 radical (unpaired) electrons. The zero-order valence-corrected chi connectivity index (χ0v) is 24.3. The summed E-state index contributed by atoms with van der Waals surface area (Å²) in [5, 5.41) is 8.94. The first-order valence-corrected chi connectivity index (χ1v) is 15.4. The number of benzene rings is 1. The molecule has 1 aromatic carbocycles. The van der Waals surface area contributed by atoms with Crippen molar-refractivity contribution in [3.05, 3.63) is 34.2 Å². The van der Waals surface area contributed by atoms with Gasteiger partial charge in [0.15, 0.2) is 0 Å². The minimum atomic E-state index is -0.351. The molecule has 2 aromatic rings. The first-order chi connectivity index (χ1) is 17.6. The van der Waals surface area contributed by atoms with Gasteiger partial charge in [0.05, 0.1) is 17.7 Å². The molecule has 1 heterocycles. The molecule has 6 rings (SSSR count). The Morgan fingerprint density at radius 1 is 1.14 bits per heavy atom. The standard InChI is InChI=1S/C31H40ClNO3S/c1-5-35-27(34)30(4)12-6-11-29(3)24(30)10-14-31-16-26(28(2,19-31)13-9-25(29)31)33-36-17-20-18-37-23-8-7-21(32)15-22(20)23/h7-8,15,18,24-25H,5-6,9-14,16-17,19H2,1-4H3/b33-26+/t24-,25-,28-,29+,30+,31-/m0/s1. The zero-order chi connectivity index (χ0) is 26.1. The highest BCUT2D eigenvalue weighted by atomic mass is 35.5. The fourth-order valence-corrected chi connectivity index (χ4v) is 10.7. The molecule has 4 saturated carbocycles. The van der Waals surface area contributed by atoms with Crippen molar-refractivity contribution in [1.82, 2.24) is 0 Å². The summed E-state index contributed by atoms with van der Waals surface area (Å²) in [6, 6.07) is 6.05. The third kappa shape index (κ3) is 3.89. The Hall–Kier alpha value is -1.59. The van der Waals surface area contributed by atoms with Gasteiger partial charge in [-0.05, 0) is 111 Å². The van der Waals surface area contributed by atoms with E-state index in [0.29, 0.717) is 25.0 Å². The lowest BCUT2D eigenvalue weighted by molar-refractivity contribution is -0.187. The van der Waals surface area contributed by atoms with Gasteiger partial charge in [-0.2, -0.15) is 0 Å². The summed E-state index contributed by atoms with van der Waals surface area (Å²) in [5.74, 6) is 1.08. The maximum absolute atomic E-state index is 13.2. The van der Waals surface area contributed by atoms with Gasteiger partial charge in [-0.25, -0.2) is 0 Å². The number of fused-ring (bicyclic) bond motifs is 4. The number of halogens is 1. The molecule has 0 amide bonds. The minimum absolute atomic E-state index is 0.0341. The molecule has 4 nitrogen and oxygen atoms in total. The van der Waals surface area contributed by atoms with E-state index in [1.807, 2.05) is 19.1 Å². The summed E-state index contributed by atoms with van der Waals surface area (Å²) in [6.07, 6.45) is 10.3. The molecular formula is C31H40ClNO3S. The van der Waals surface area contributed by atoms with Crippen LogP contribution in [0, 0.1) is 33.5 Å². The van der Waals surface area contributed by atoms with Crippen LogP contribution in [-0.2, 0) is 21.0 Å². The van der Waals surface area contributed by atoms with Gasteiger partial charge in [0.25, 0.3) is 0 Å². The monoisotopic (exact) mass is 541 g/mol. The van der Waals surface area contributed by atoms with Crippen molar-refractivity contribution in [1.29, 1.82) is 0 Å². The van der Waals surface area contributed by atoms with E-state index in [-0.39, 0.29) is 27.6 Å². The largest absolute Gasteiger partial charge is 0.466 e. The summed E-state index contributed by atoms with van der Waals surface area (Å²) in [5.41, 5.74) is 2.66. The van der Waals surface area contributed by atoms with Crippen LogP contribution in [0.5, 0.6) is 0 Å². The second-order valence-corrected chi connectivity index (χ2v) is 14.5. The maximum atomic E-state index is 13.2. The molecule has 1 aromatic heterocycles. The van der Waals surface area contributed by atoms with Crippen LogP contribution in [0.1, 0.15) is 91.0 Å². The Bertz CT molecular complexity index is 1260. The van der Waals surface area contributed by atoms with E-state index in [2.05, 4.69) is 32.2 Å². The first-order valence-electron chi connectivity index (χ1n) is 14.2. The number of ether oxygens (including phenoxy) is 1. The molecule has 200 valence electrons. The molecule has 0 N–H and O–H groups in total. The zero-order valence-electron chi connectivity index (χ0n) is 22.7. The van der Waals surface area contributed by atoms with E-state index in [1.54, 1.807) is 11.3 Å². The van der Waals surface area contributed by atoms with Crippen molar-refractivity contribution in [2.75, 3.05) is 6.61 Å². The van der Waals surface area contributed by atoms with Gasteiger partial charge in [0.2, 0.25) is 0 Å². The summed E-state index contributed by atoms with van der Waals surface area (Å²) >= 11 is 7.98. The fraction of sp³-hybridized carbons (Fsp3) is 0.677. The van der Waals surface area contributed by atoms with E-state index in [1.165, 1.54) is 41.5 Å². The highest BCUT2D eigenvalue weighted by Crippen LogP contribution is 2.73. The quantitative estimate of drug-likeness (QED) is 0.280. The summed E-state index contributed by atoms with van der Waals surface area (Å²) in [4.78, 5) is 19.3. The number of oxime groups is 1. The topological polar surface area (TPSA) is 47.9 Å². The Morgan fingerprint density at radius 3 is 2.76 bits per heavy atom. The van der Waals surface area contributed by atoms with Crippen LogP contribution in [0.4, 0.5) is 0 Å². The van der Waals surface area contributed by atoms with E-state index in [4.69, 9.17) is 26.3 Å². The fourth-order valence-electron chi connectivity index (χ4n) is 9.55. The first kappa shape index (κ1) is 25.7. The van der Waals surface area contributed by atoms with Crippen molar-refractivity contribution in [3.8, 4) is 0 Å². The second-order valence-electron chi connectivity index (χ2n) is 13.2. The Labute approximate surface area is 230 Å². The predicted octanol–water partition coefficient (Wildman–Crippen LogP) is 8.79. The lowest BCUT2D eigenvalue weighted by Crippen LogP contribution is -2.58. The summed E-state index contributed by atoms with van der Waals surface area (Å²) < 4.78 is 6.86. The van der Waals surface area contributed by atoms with Gasteiger partial charge >= 0.3 is 5.97 Å². The van der Waals surface area contributed by atoms with Gasteiger partial charge in [0, 0.05) is 26.1 Å². The van der Waals surface area contributed by atoms with E-state index in [9.17, 15) is 4.79 Å². The molecule has 4 aliphatic rings. The van der Waals surface area contributed by atoms with Gasteiger partial charge in [-0.1, -0.05) is 37.0 Å². The van der Waals surface area contributed by atoms with Crippen LogP contribution >= 0.6 is 22.9 Å². The molecule has 6 heteroatoms. The SMILES string of the molecule is CCOC(=O)[C@]1(C)CCC[C@@]2(C)[C@@H]3CC[C@@]4(C)C[C@]3(CC[C@@H]21)C/C4=N\OCc1csc2ccc(Cl)cc12. The normalized spacial score (nSPS) is 39.9. The van der Waals surface area contributed by atoms with Gasteiger partial charge in [-0.15, -0.1) is 11.3 Å². The van der Waals surface area contributed by atoms with Gasteiger partial charge in [-0.3, -0.25) is 4.79 Å². The molecular weight excluding hydrogens is 502 g/mol. The van der Waals surface area contributed by atoms with Crippen LogP contribution in [-0.4, -0.2) is 18.3 Å². The highest BCUT2D eigenvalue weighted by molar-refractivity contribution is 7.17. The van der Waals surface area contributed by atoms with Crippen LogP contribution in [0.2, 0.25) is 5.02 Å². The molecule has 37 heavy (non-hydrogen) atoms. The number of hydrogen-bond acceptors (Lipinski definition) is 5. The van der Waals surface area contributed by atoms with E-state index in [0.717, 1.165) is 42.7 Å². The van der Waals surface area contributed by atoms with Crippen LogP contribution in [0.3, 0.4) is 0 Å². The Balaban J connectivity index is 1.24. The lowest BCUT2D eigenvalue weighted by Gasteiger charge is -2.64. The smallest absolute Gasteiger partial charge is 0.312 e. The highest BCUT2D eigenvalue weighted by Gasteiger charge is 2.67. The van der Waals surface area contributed by atoms with Crippen LogP contribution in [0.25, 0.3) is 10.1 Å². The summed E-state index contributed by atoms with van der Waals surface area (Å²) in [7, 11) is 0. The number of hydrogen-bond donors (Lipinski definition) is 0. The molecule has 0 aliphatic heterocycles. The van der Waals surface area contributed by atoms with Crippen LogP contribution < -0.4 is 0 Å². The van der Waals surface area contributed by atoms with E-state index < -0.39 is 0 Å². The van der Waals surface area contributed by atoms with Crippen LogP contribution in [0.15, 0.2) is 28.7 Å². The number of nitrogens with zero attached hydrogens (tertiary/aromatic N) is 1. The molecule has 0 saturated heterocycles. The van der Waals surface area contributed by atoms with Gasteiger partial charge < -0.3 is 9.57 Å².